The van der Waals surface area contributed by atoms with Crippen molar-refractivity contribution in [3.8, 4) is 11.1 Å². The normalized spacial score (nSPS) is 16.3. The van der Waals surface area contributed by atoms with Gasteiger partial charge in [-0.3, -0.25) is 4.79 Å². The highest BCUT2D eigenvalue weighted by Gasteiger charge is 2.55. The molecule has 0 heterocycles. The van der Waals surface area contributed by atoms with Crippen molar-refractivity contribution >= 4 is 18.0 Å². The molecule has 2 amide bonds. The monoisotopic (exact) mass is 450 g/mol. The summed E-state index contributed by atoms with van der Waals surface area (Å²) in [6, 6.07) is 15.9. The molecule has 1 saturated carbocycles. The first-order chi connectivity index (χ1) is 15.9. The topological polar surface area (TPSA) is 95.9 Å². The van der Waals surface area contributed by atoms with Crippen LogP contribution < -0.4 is 5.32 Å². The first-order valence-electron chi connectivity index (χ1n) is 11.5. The summed E-state index contributed by atoms with van der Waals surface area (Å²) in [4.78, 5) is 38.2. The molecule has 0 radical (unpaired) electrons. The molecule has 7 nitrogen and oxygen atoms in total. The Labute approximate surface area is 193 Å². The fraction of sp³-hybridized carbons (Fsp3) is 0.423. The van der Waals surface area contributed by atoms with Crippen LogP contribution in [0.1, 0.15) is 56.1 Å². The van der Waals surface area contributed by atoms with Crippen LogP contribution in [0.3, 0.4) is 0 Å². The van der Waals surface area contributed by atoms with Gasteiger partial charge in [0.1, 0.15) is 12.1 Å². The van der Waals surface area contributed by atoms with Gasteiger partial charge in [0, 0.05) is 25.4 Å². The van der Waals surface area contributed by atoms with Gasteiger partial charge < -0.3 is 20.1 Å². The summed E-state index contributed by atoms with van der Waals surface area (Å²) in [6.07, 6.45) is 1.78. The van der Waals surface area contributed by atoms with Crippen molar-refractivity contribution in [2.45, 2.75) is 56.5 Å². The zero-order valence-electron chi connectivity index (χ0n) is 19.0. The van der Waals surface area contributed by atoms with Crippen LogP contribution in [0.5, 0.6) is 0 Å². The lowest BCUT2D eigenvalue weighted by molar-refractivity contribution is -0.151. The van der Waals surface area contributed by atoms with Crippen molar-refractivity contribution in [3.63, 3.8) is 0 Å². The minimum absolute atomic E-state index is 0.0363. The number of hydrogen-bond donors (Lipinski definition) is 2. The average Bonchev–Trinajstić information content (AvgIpc) is 3.56. The summed E-state index contributed by atoms with van der Waals surface area (Å²) in [5, 5.41) is 12.3. The molecule has 4 rings (SSSR count). The third-order valence-corrected chi connectivity index (χ3v) is 6.86. The summed E-state index contributed by atoms with van der Waals surface area (Å²) >= 11 is 0. The number of nitrogens with zero attached hydrogens (tertiary/aromatic N) is 1. The zero-order chi connectivity index (χ0) is 23.6. The molecule has 0 spiro atoms. The number of fused-ring (bicyclic) bond motifs is 3. The van der Waals surface area contributed by atoms with Crippen molar-refractivity contribution < 1.29 is 24.2 Å². The Morgan fingerprint density at radius 1 is 1.09 bits per heavy atom. The maximum absolute atomic E-state index is 12.7. The van der Waals surface area contributed by atoms with E-state index in [1.54, 1.807) is 0 Å². The van der Waals surface area contributed by atoms with E-state index in [0.717, 1.165) is 28.7 Å². The Morgan fingerprint density at radius 3 is 2.18 bits per heavy atom. The van der Waals surface area contributed by atoms with Gasteiger partial charge in [0.2, 0.25) is 5.91 Å². The van der Waals surface area contributed by atoms with Crippen molar-refractivity contribution in [2.75, 3.05) is 13.7 Å². The Hall–Kier alpha value is -3.35. The number of alkyl carbamates (subject to hydrolysis) is 1. The van der Waals surface area contributed by atoms with E-state index < -0.39 is 23.6 Å². The van der Waals surface area contributed by atoms with Crippen LogP contribution in [0, 0.1) is 0 Å². The highest BCUT2D eigenvalue weighted by atomic mass is 16.5. The number of likely N-dealkylation sites (N-methyl/N-ethyl adjacent to an activating group) is 1. The number of ether oxygens (including phenoxy) is 1. The smallest absolute Gasteiger partial charge is 0.407 e. The van der Waals surface area contributed by atoms with Gasteiger partial charge in [-0.05, 0) is 41.5 Å². The number of carbonyl (C=O) groups excluding carboxylic acids is 2. The lowest BCUT2D eigenvalue weighted by atomic mass is 9.98. The second-order valence-corrected chi connectivity index (χ2v) is 8.95. The summed E-state index contributed by atoms with van der Waals surface area (Å²) < 4.78 is 5.61. The second kappa shape index (κ2) is 9.25. The number of benzene rings is 2. The highest BCUT2D eigenvalue weighted by Crippen LogP contribution is 2.44. The van der Waals surface area contributed by atoms with E-state index in [1.165, 1.54) is 11.9 Å². The standard InChI is InChI=1S/C26H30N2O5/c1-3-8-17(15-23(29)28(2)26(13-14-26)24(30)31)27-25(32)33-16-22-20-11-6-4-9-18(20)19-10-5-7-12-21(19)22/h4-7,9-12,17,22H,3,8,13-16H2,1-2H3,(H,27,32)(H,30,31)/t17-/m0/s1. The van der Waals surface area contributed by atoms with Gasteiger partial charge in [-0.2, -0.15) is 0 Å². The van der Waals surface area contributed by atoms with Crippen LogP contribution in [0.2, 0.25) is 0 Å². The fourth-order valence-electron chi connectivity index (χ4n) is 4.78. The van der Waals surface area contributed by atoms with Gasteiger partial charge in [0.25, 0.3) is 0 Å². The number of nitrogens with one attached hydrogen (secondary N) is 1. The Bertz CT molecular complexity index is 1020. The minimum atomic E-state index is -1.09. The van der Waals surface area contributed by atoms with Gasteiger partial charge in [-0.15, -0.1) is 0 Å². The number of carbonyl (C=O) groups is 3. The van der Waals surface area contributed by atoms with Crippen LogP contribution in [-0.4, -0.2) is 53.2 Å². The first kappa shape index (κ1) is 22.8. The molecule has 0 aliphatic heterocycles. The molecule has 1 atom stereocenters. The number of amides is 2. The Balaban J connectivity index is 1.37. The molecule has 1 fully saturated rings. The largest absolute Gasteiger partial charge is 0.479 e. The molecule has 0 bridgehead atoms. The van der Waals surface area contributed by atoms with E-state index in [9.17, 15) is 19.5 Å². The van der Waals surface area contributed by atoms with Crippen molar-refractivity contribution in [1.29, 1.82) is 0 Å². The number of aliphatic carboxylic acids is 1. The third-order valence-electron chi connectivity index (χ3n) is 6.86. The van der Waals surface area contributed by atoms with Crippen LogP contribution in [0.25, 0.3) is 11.1 Å². The van der Waals surface area contributed by atoms with E-state index in [0.29, 0.717) is 19.3 Å². The molecule has 2 aromatic carbocycles. The molecule has 2 aliphatic carbocycles. The maximum Gasteiger partial charge on any atom is 0.407 e. The lowest BCUT2D eigenvalue weighted by Gasteiger charge is -2.27. The van der Waals surface area contributed by atoms with E-state index in [2.05, 4.69) is 29.6 Å². The van der Waals surface area contributed by atoms with E-state index in [-0.39, 0.29) is 24.9 Å². The predicted octanol–water partition coefficient (Wildman–Crippen LogP) is 4.16. The van der Waals surface area contributed by atoms with Gasteiger partial charge >= 0.3 is 12.1 Å². The Kier molecular flexibility index (Phi) is 6.40. The van der Waals surface area contributed by atoms with E-state index >= 15 is 0 Å². The molecule has 174 valence electrons. The van der Waals surface area contributed by atoms with Gasteiger partial charge in [-0.25, -0.2) is 9.59 Å². The highest BCUT2D eigenvalue weighted by molar-refractivity contribution is 5.89. The number of carboxylic acid groups (broad SMARTS) is 1. The van der Waals surface area contributed by atoms with Crippen LogP contribution >= 0.6 is 0 Å². The SMILES string of the molecule is CCC[C@@H](CC(=O)N(C)C1(C(=O)O)CC1)NC(=O)OCC1c2ccccc2-c2ccccc21. The van der Waals surface area contributed by atoms with Crippen molar-refractivity contribution in [3.05, 3.63) is 59.7 Å². The maximum atomic E-state index is 12.7. The minimum Gasteiger partial charge on any atom is -0.479 e. The summed E-state index contributed by atoms with van der Waals surface area (Å²) in [5.74, 6) is -1.30. The zero-order valence-corrected chi connectivity index (χ0v) is 19.0. The van der Waals surface area contributed by atoms with Crippen LogP contribution in [0.4, 0.5) is 4.79 Å². The molecule has 0 saturated heterocycles. The molecule has 0 unspecified atom stereocenters. The predicted molar refractivity (Wildman–Crippen MR) is 124 cm³/mol. The molecular formula is C26H30N2O5. The molecule has 7 heteroatoms. The van der Waals surface area contributed by atoms with Crippen molar-refractivity contribution in [1.82, 2.24) is 10.2 Å². The number of carboxylic acids is 1. The molecule has 0 aromatic heterocycles. The van der Waals surface area contributed by atoms with Gasteiger partial charge in [0.15, 0.2) is 0 Å². The summed E-state index contributed by atoms with van der Waals surface area (Å²) in [6.45, 7) is 2.18. The summed E-state index contributed by atoms with van der Waals surface area (Å²) in [5.41, 5.74) is 3.50. The molecule has 33 heavy (non-hydrogen) atoms. The fourth-order valence-corrected chi connectivity index (χ4v) is 4.78. The molecule has 2 aromatic rings. The van der Waals surface area contributed by atoms with E-state index in [1.807, 2.05) is 31.2 Å². The van der Waals surface area contributed by atoms with Crippen LogP contribution in [0.15, 0.2) is 48.5 Å². The second-order valence-electron chi connectivity index (χ2n) is 8.95. The average molecular weight is 451 g/mol. The molecular weight excluding hydrogens is 420 g/mol. The van der Waals surface area contributed by atoms with E-state index in [4.69, 9.17) is 4.74 Å². The van der Waals surface area contributed by atoms with Crippen molar-refractivity contribution in [2.24, 2.45) is 0 Å². The van der Waals surface area contributed by atoms with Gasteiger partial charge in [-0.1, -0.05) is 61.9 Å². The number of rotatable bonds is 9. The number of hydrogen-bond acceptors (Lipinski definition) is 4. The quantitative estimate of drug-likeness (QED) is 0.598. The lowest BCUT2D eigenvalue weighted by Crippen LogP contribution is -2.47. The molecule has 2 aliphatic rings. The molecule has 2 N–H and O–H groups in total. The van der Waals surface area contributed by atoms with Crippen LogP contribution in [-0.2, 0) is 14.3 Å². The first-order valence-corrected chi connectivity index (χ1v) is 11.5. The summed E-state index contributed by atoms with van der Waals surface area (Å²) in [7, 11) is 1.53. The van der Waals surface area contributed by atoms with Gasteiger partial charge in [0.05, 0.1) is 0 Å². The Morgan fingerprint density at radius 2 is 1.67 bits per heavy atom. The third kappa shape index (κ3) is 4.45.